The van der Waals surface area contributed by atoms with Gasteiger partial charge in [0.2, 0.25) is 0 Å². The van der Waals surface area contributed by atoms with E-state index in [1.54, 1.807) is 0 Å². The first-order valence-corrected chi connectivity index (χ1v) is 0. The van der Waals surface area contributed by atoms with Crippen LogP contribution in [0.4, 0.5) is 0 Å². The van der Waals surface area contributed by atoms with E-state index in [4.69, 9.17) is 0 Å². The maximum absolute atomic E-state index is 0. The summed E-state index contributed by atoms with van der Waals surface area (Å²) in [5, 5.41) is 0. The molecule has 8 N–H and O–H groups in total. The van der Waals surface area contributed by atoms with Crippen molar-refractivity contribution in [3.63, 3.8) is 0 Å². The molecule has 0 aromatic carbocycles. The smallest absolute Gasteiger partial charge is 0 e. The average molecular weight is 383 g/mol. The van der Waals surface area contributed by atoms with Crippen molar-refractivity contribution in [2.45, 2.75) is 0 Å². The first kappa shape index (κ1) is 163. The molecule has 0 aliphatic rings. The van der Waals surface area contributed by atoms with E-state index in [0.717, 1.165) is 0 Å². The molecule has 0 aliphatic carbocycles. The molecule has 0 aliphatic heterocycles. The van der Waals surface area contributed by atoms with Gasteiger partial charge >= 0.3 is 0 Å². The van der Waals surface area contributed by atoms with Crippen LogP contribution in [0.3, 0.4) is 0 Å². The Kier molecular flexibility index (Phi) is 2560. The molecule has 0 fully saturated rings. The molecule has 7 heteroatoms. The van der Waals surface area contributed by atoms with Gasteiger partial charge < -0.3 is 21.9 Å². The van der Waals surface area contributed by atoms with Crippen molar-refractivity contribution in [1.82, 2.24) is 0 Å². The molecule has 0 spiro atoms. The molecule has 0 heterocycles. The summed E-state index contributed by atoms with van der Waals surface area (Å²) in [5.41, 5.74) is 0. The van der Waals surface area contributed by atoms with E-state index in [-0.39, 0.29) is 86.9 Å². The predicted octanol–water partition coefficient (Wildman–Crippen LogP) is -2.07. The Morgan fingerprint density at radius 3 is 0.429 bits per heavy atom. The van der Waals surface area contributed by atoms with E-state index in [1.807, 2.05) is 0 Å². The van der Waals surface area contributed by atoms with Crippen molar-refractivity contribution in [3.8, 4) is 0 Å². The molecule has 0 aromatic heterocycles. The average Bonchev–Trinajstić information content (AvgIpc) is 0. The minimum Gasteiger partial charge on any atom is -0.412 e. The van der Waals surface area contributed by atoms with Gasteiger partial charge in [-0.15, -0.1) is 48.0 Å². The van der Waals surface area contributed by atoms with Gasteiger partial charge in [0, 0.05) is 17.1 Å². The van der Waals surface area contributed by atoms with Crippen LogP contribution >= 0.6 is 48.0 Å². The van der Waals surface area contributed by atoms with Crippen LogP contribution in [0.15, 0.2) is 0 Å². The SMILES string of the molecule is I.I.O.O.O.O.[Mn]. The monoisotopic (exact) mass is 383 g/mol. The molecule has 0 aromatic rings. The zero-order valence-corrected chi connectivity index (χ0v) is 9.04. The van der Waals surface area contributed by atoms with E-state index < -0.39 is 0 Å². The topological polar surface area (TPSA) is 126 Å². The van der Waals surface area contributed by atoms with Crippen LogP contribution in [0.1, 0.15) is 0 Å². The quantitative estimate of drug-likeness (QED) is 0.337. The Bertz CT molecular complexity index is 9.65. The van der Waals surface area contributed by atoms with Crippen LogP contribution in [-0.4, -0.2) is 21.9 Å². The minimum atomic E-state index is 0. The van der Waals surface area contributed by atoms with Gasteiger partial charge in [-0.05, 0) is 0 Å². The van der Waals surface area contributed by atoms with Crippen LogP contribution in [-0.2, 0) is 17.1 Å². The van der Waals surface area contributed by atoms with Crippen molar-refractivity contribution in [3.05, 3.63) is 0 Å². The first-order chi connectivity index (χ1) is 0. The van der Waals surface area contributed by atoms with Gasteiger partial charge in [-0.25, -0.2) is 0 Å². The van der Waals surface area contributed by atoms with Crippen LogP contribution in [0.25, 0.3) is 0 Å². The van der Waals surface area contributed by atoms with Gasteiger partial charge in [0.05, 0.1) is 0 Å². The van der Waals surface area contributed by atoms with Crippen LogP contribution in [0.5, 0.6) is 0 Å². The molecule has 0 rings (SSSR count). The summed E-state index contributed by atoms with van der Waals surface area (Å²) < 4.78 is 0. The Morgan fingerprint density at radius 2 is 0.429 bits per heavy atom. The molecule has 0 saturated carbocycles. The number of hydrogen-bond acceptors (Lipinski definition) is 0. The third kappa shape index (κ3) is 80.0. The zero-order chi connectivity index (χ0) is 0. The second kappa shape index (κ2) is 110. The third-order valence-corrected chi connectivity index (χ3v) is 0. The Balaban J connectivity index is 0. The van der Waals surface area contributed by atoms with Gasteiger partial charge in [-0.2, -0.15) is 0 Å². The van der Waals surface area contributed by atoms with E-state index in [9.17, 15) is 0 Å². The molecular weight excluding hydrogens is 373 g/mol. The fourth-order valence-corrected chi connectivity index (χ4v) is 0. The van der Waals surface area contributed by atoms with Gasteiger partial charge in [-0.1, -0.05) is 0 Å². The molecular formula is H10I2MnO4. The standard InChI is InChI=1S/2HI.Mn.4H2O/h2*1H;;4*1H2. The Hall–Kier alpha value is 1.82. The van der Waals surface area contributed by atoms with E-state index in [2.05, 4.69) is 0 Å². The second-order valence-electron chi connectivity index (χ2n) is 0. The maximum Gasteiger partial charge on any atom is 0 e. The third-order valence-electron chi connectivity index (χ3n) is 0. The summed E-state index contributed by atoms with van der Waals surface area (Å²) in [6, 6.07) is 0. The summed E-state index contributed by atoms with van der Waals surface area (Å²) in [7, 11) is 0. The molecule has 0 unspecified atom stereocenters. The molecule has 0 amide bonds. The molecule has 7 heavy (non-hydrogen) atoms. The fourth-order valence-electron chi connectivity index (χ4n) is 0. The summed E-state index contributed by atoms with van der Waals surface area (Å²) in [5.74, 6) is 0. The normalized spacial score (nSPS) is 0. The van der Waals surface area contributed by atoms with Crippen LogP contribution < -0.4 is 0 Å². The summed E-state index contributed by atoms with van der Waals surface area (Å²) in [4.78, 5) is 0. The molecule has 0 atom stereocenters. The summed E-state index contributed by atoms with van der Waals surface area (Å²) in [6.45, 7) is 0. The zero-order valence-electron chi connectivity index (χ0n) is 3.19. The summed E-state index contributed by atoms with van der Waals surface area (Å²) in [6.07, 6.45) is 0. The van der Waals surface area contributed by atoms with Crippen molar-refractivity contribution in [2.24, 2.45) is 0 Å². The molecule has 55 valence electrons. The van der Waals surface area contributed by atoms with Crippen LogP contribution in [0.2, 0.25) is 0 Å². The van der Waals surface area contributed by atoms with Gasteiger partial charge in [0.1, 0.15) is 0 Å². The number of rotatable bonds is 0. The Labute approximate surface area is 86.2 Å². The second-order valence-corrected chi connectivity index (χ2v) is 0. The van der Waals surface area contributed by atoms with Gasteiger partial charge in [-0.3, -0.25) is 0 Å². The number of halogens is 2. The largest absolute Gasteiger partial charge is 0.412 e. The van der Waals surface area contributed by atoms with Crippen molar-refractivity contribution >= 4 is 48.0 Å². The first-order valence-electron chi connectivity index (χ1n) is 0. The molecule has 0 bridgehead atoms. The summed E-state index contributed by atoms with van der Waals surface area (Å²) >= 11 is 0. The van der Waals surface area contributed by atoms with Crippen molar-refractivity contribution < 1.29 is 39.0 Å². The Morgan fingerprint density at radius 1 is 0.429 bits per heavy atom. The van der Waals surface area contributed by atoms with E-state index in [1.165, 1.54) is 0 Å². The minimum absolute atomic E-state index is 0. The fraction of sp³-hybridized carbons (Fsp3) is 0. The molecule has 4 nitrogen and oxygen atoms in total. The van der Waals surface area contributed by atoms with Gasteiger partial charge in [0.15, 0.2) is 0 Å². The van der Waals surface area contributed by atoms with Crippen LogP contribution in [0, 0.1) is 0 Å². The molecule has 1 radical (unpaired) electrons. The predicted molar refractivity (Wildman–Crippen MR) is 45.3 cm³/mol. The molecule has 0 saturated heterocycles. The number of hydrogen-bond donors (Lipinski definition) is 0. The maximum atomic E-state index is 0. The van der Waals surface area contributed by atoms with E-state index in [0.29, 0.717) is 0 Å². The van der Waals surface area contributed by atoms with Crippen molar-refractivity contribution in [2.75, 3.05) is 0 Å². The van der Waals surface area contributed by atoms with Gasteiger partial charge in [0.25, 0.3) is 0 Å². The van der Waals surface area contributed by atoms with Crippen molar-refractivity contribution in [1.29, 1.82) is 0 Å². The van der Waals surface area contributed by atoms with E-state index >= 15 is 0 Å².